The molecular weight excluding hydrogens is 922 g/mol. The van der Waals surface area contributed by atoms with E-state index in [-0.39, 0.29) is 17.1 Å². The van der Waals surface area contributed by atoms with Crippen molar-refractivity contribution in [1.29, 1.82) is 0 Å². The molecule has 1 saturated carbocycles. The molecule has 0 aromatic carbocycles. The fourth-order valence-corrected chi connectivity index (χ4v) is 23.7. The molecule has 2 heterocycles. The van der Waals surface area contributed by atoms with E-state index in [2.05, 4.69) is 144 Å². The van der Waals surface area contributed by atoms with Gasteiger partial charge in [0.2, 0.25) is 0 Å². The molecule has 0 amide bonds. The number of likely N-dealkylation sites (N-methyl/N-ethyl adjacent to an activating group) is 2. The predicted molar refractivity (Wildman–Crippen MR) is 234 cm³/mol. The third kappa shape index (κ3) is 15.1. The Morgan fingerprint density at radius 1 is 0.574 bits per heavy atom. The number of hydrogen-bond donors (Lipinski definition) is 2. The Hall–Kier alpha value is -1.43. The summed E-state index contributed by atoms with van der Waals surface area (Å²) in [5, 5.41) is 3.07. The molecule has 10 nitrogen and oxygen atoms in total. The molecule has 355 valence electrons. The van der Waals surface area contributed by atoms with Gasteiger partial charge in [0.1, 0.15) is 0 Å². The van der Waals surface area contributed by atoms with Crippen molar-refractivity contribution in [2.45, 2.75) is 178 Å². The maximum Gasteiger partial charge on any atom is 0.522 e. The molecule has 61 heavy (non-hydrogen) atoms. The van der Waals surface area contributed by atoms with Gasteiger partial charge in [-0.1, -0.05) is 108 Å². The Labute approximate surface area is 374 Å². The van der Waals surface area contributed by atoms with Crippen LogP contribution in [0.1, 0.15) is 120 Å². The summed E-state index contributed by atoms with van der Waals surface area (Å²) < 4.78 is 115. The normalized spacial score (nSPS) is 17.2. The van der Waals surface area contributed by atoms with E-state index in [9.17, 15) is 26.3 Å². The van der Waals surface area contributed by atoms with E-state index in [1.165, 1.54) is 47.4 Å². The van der Waals surface area contributed by atoms with Crippen LogP contribution in [0.3, 0.4) is 0 Å². The summed E-state index contributed by atoms with van der Waals surface area (Å²) in [7, 11) is -10.4. The van der Waals surface area contributed by atoms with E-state index >= 15 is 0 Å². The van der Waals surface area contributed by atoms with Crippen LogP contribution in [-0.2, 0) is 50.4 Å². The third-order valence-electron chi connectivity index (χ3n) is 12.6. The average Bonchev–Trinajstić information content (AvgIpc) is 3.08. The van der Waals surface area contributed by atoms with E-state index in [1.807, 2.05) is 0 Å². The zero-order chi connectivity index (χ0) is 47.0. The number of rotatable bonds is 14. The van der Waals surface area contributed by atoms with Gasteiger partial charge in [-0.2, -0.15) is 43.2 Å². The van der Waals surface area contributed by atoms with Gasteiger partial charge in [0.05, 0.1) is 27.5 Å². The molecule has 0 unspecified atom stereocenters. The monoisotopic (exact) mass is 991 g/mol. The molecule has 2 aromatic rings. The third-order valence-corrected chi connectivity index (χ3v) is 27.8. The van der Waals surface area contributed by atoms with Crippen molar-refractivity contribution in [1.82, 2.24) is 19.8 Å². The first-order valence-electron chi connectivity index (χ1n) is 20.5. The first kappa shape index (κ1) is 59.6. The molecule has 1 aliphatic rings. The molecule has 21 heteroatoms. The van der Waals surface area contributed by atoms with E-state index in [0.29, 0.717) is 45.3 Å². The predicted octanol–water partition coefficient (Wildman–Crippen LogP) is 9.91. The Bertz CT molecular complexity index is 1660. The molecule has 2 atom stereocenters. The molecule has 2 N–H and O–H groups in total. The van der Waals surface area contributed by atoms with Crippen LogP contribution in [0.5, 0.6) is 0 Å². The van der Waals surface area contributed by atoms with Gasteiger partial charge in [0, 0.05) is 54.6 Å². The van der Waals surface area contributed by atoms with Crippen LogP contribution in [0.15, 0.2) is 36.7 Å². The van der Waals surface area contributed by atoms with Gasteiger partial charge in [-0.05, 0) is 82.7 Å². The van der Waals surface area contributed by atoms with Crippen LogP contribution in [0.2, 0.25) is 33.2 Å². The number of aromatic nitrogens is 2. The van der Waals surface area contributed by atoms with Crippen molar-refractivity contribution in [3.05, 3.63) is 48.0 Å². The fourth-order valence-electron chi connectivity index (χ4n) is 10.4. The van der Waals surface area contributed by atoms with Gasteiger partial charge in [-0.3, -0.25) is 28.9 Å². The zero-order valence-electron chi connectivity index (χ0n) is 38.1. The topological polar surface area (TPSA) is 141 Å². The first-order valence-corrected chi connectivity index (χ1v) is 27.8. The molecule has 0 aliphatic heterocycles. The summed E-state index contributed by atoms with van der Waals surface area (Å²) >= 11 is 0. The minimum Gasteiger partial charge on any atom is -0.296 e. The van der Waals surface area contributed by atoms with Crippen molar-refractivity contribution in [3.8, 4) is 0 Å². The summed E-state index contributed by atoms with van der Waals surface area (Å²) in [6.45, 7) is 31.1. The largest absolute Gasteiger partial charge is 0.522 e. The molecule has 0 bridgehead atoms. The molecule has 1 aliphatic carbocycles. The maximum atomic E-state index is 10.7. The molecule has 0 saturated heterocycles. The molecular formula is C40H70F6MnN4O6S2Si2. The van der Waals surface area contributed by atoms with Crippen LogP contribution in [0.25, 0.3) is 0 Å². The zero-order valence-corrected chi connectivity index (χ0v) is 42.9. The van der Waals surface area contributed by atoms with Gasteiger partial charge in [0.25, 0.3) is 0 Å². The Morgan fingerprint density at radius 2 is 0.803 bits per heavy atom. The van der Waals surface area contributed by atoms with E-state index in [0.717, 1.165) is 13.1 Å². The fraction of sp³-hybridized carbons (Fsp3) is 0.750. The summed E-state index contributed by atoms with van der Waals surface area (Å²) in [4.78, 5) is 15.4. The van der Waals surface area contributed by atoms with Gasteiger partial charge in [0.15, 0.2) is 0 Å². The smallest absolute Gasteiger partial charge is 0.296 e. The second kappa shape index (κ2) is 23.7. The Kier molecular flexibility index (Phi) is 23.1. The van der Waals surface area contributed by atoms with Crippen molar-refractivity contribution < 1.29 is 69.4 Å². The van der Waals surface area contributed by atoms with E-state index < -0.39 is 47.4 Å². The van der Waals surface area contributed by atoms with E-state index in [4.69, 9.17) is 35.9 Å². The SMILES string of the molecule is CC(C)[Si](c1ccc(CN(C)[C@H]2CCCC[C@@H]2N(C)Cc2ccc([Si](C(C)C)(C(C)C)C(C)C)cn2)nc1)(C(C)C)C(C)C.O=S(=O)(O)C(F)(F)F.O=S(=O)(O)C(F)(F)F.[Mn]. The van der Waals surface area contributed by atoms with Crippen molar-refractivity contribution in [2.24, 2.45) is 0 Å². The van der Waals surface area contributed by atoms with Crippen molar-refractivity contribution >= 4 is 46.8 Å². The van der Waals surface area contributed by atoms with E-state index in [1.54, 1.807) is 0 Å². The number of hydrogen-bond acceptors (Lipinski definition) is 8. The molecule has 1 fully saturated rings. The Morgan fingerprint density at radius 3 is 0.967 bits per heavy atom. The van der Waals surface area contributed by atoms with Crippen molar-refractivity contribution in [2.75, 3.05) is 14.1 Å². The minimum absolute atomic E-state index is 0. The molecule has 3 rings (SSSR count). The van der Waals surface area contributed by atoms with Crippen LogP contribution in [0.4, 0.5) is 26.3 Å². The summed E-state index contributed by atoms with van der Waals surface area (Å²) in [6.07, 6.45) is 9.65. The standard InChI is InChI=1S/C38H68N4Si2.2CHF3O3S.Mn/c1-27(2)43(28(3)4,29(5)6)35-21-19-33(39-23-35)25-41(13)37-17-15-16-18-38(37)42(14)26-34-20-22-36(24-40-34)44(30(7)8,31(9)10)32(11)12;2*2-1(3,4)8(5,6)7;/h19-24,27-32,37-38H,15-18,25-26H2,1-14H3;2*(H,5,6,7);/t37-,38-;;;/m0.../s1. The second-order valence-corrected chi connectivity index (χ2v) is 32.6. The van der Waals surface area contributed by atoms with Crippen LogP contribution >= 0.6 is 0 Å². The maximum absolute atomic E-state index is 10.7. The van der Waals surface area contributed by atoms with Crippen LogP contribution in [-0.4, -0.2) is 99.1 Å². The van der Waals surface area contributed by atoms with Gasteiger partial charge in [-0.15, -0.1) is 0 Å². The minimum atomic E-state index is -5.84. The van der Waals surface area contributed by atoms with Gasteiger partial charge >= 0.3 is 31.3 Å². The number of nitrogens with zero attached hydrogens (tertiary/aromatic N) is 4. The number of pyridine rings is 2. The average molecular weight is 992 g/mol. The summed E-state index contributed by atoms with van der Waals surface area (Å²) in [5.41, 5.74) is -4.46. The first-order chi connectivity index (χ1) is 27.1. The van der Waals surface area contributed by atoms with Gasteiger partial charge < -0.3 is 0 Å². The van der Waals surface area contributed by atoms with Gasteiger partial charge in [-0.25, -0.2) is 0 Å². The molecule has 0 spiro atoms. The summed E-state index contributed by atoms with van der Waals surface area (Å²) in [6, 6.07) is 10.6. The van der Waals surface area contributed by atoms with Crippen molar-refractivity contribution in [3.63, 3.8) is 0 Å². The Balaban J connectivity index is 0.00000178. The number of halogens is 6. The summed E-state index contributed by atoms with van der Waals surface area (Å²) in [5.74, 6) is 0. The quantitative estimate of drug-likeness (QED) is 0.0814. The van der Waals surface area contributed by atoms with Crippen LogP contribution < -0.4 is 10.4 Å². The molecule has 1 radical (unpaired) electrons. The molecule has 2 aromatic heterocycles. The van der Waals surface area contributed by atoms with Crippen LogP contribution in [0, 0.1) is 0 Å². The number of alkyl halides is 6. The second-order valence-electron chi connectivity index (χ2n) is 18.0.